The fourth-order valence-electron chi connectivity index (χ4n) is 4.43. The van der Waals surface area contributed by atoms with Gasteiger partial charge in [-0.1, -0.05) is 56.4 Å². The summed E-state index contributed by atoms with van der Waals surface area (Å²) >= 11 is 5.29. The quantitative estimate of drug-likeness (QED) is 0.306. The molecule has 0 aromatic rings. The molecule has 2 heteroatoms. The summed E-state index contributed by atoms with van der Waals surface area (Å²) in [7, 11) is 0. The Hall–Kier alpha value is 1.20. The first-order valence-electron chi connectivity index (χ1n) is 7.79. The highest BCUT2D eigenvalue weighted by Gasteiger charge is 2.52. The molecule has 0 bridgehead atoms. The van der Waals surface area contributed by atoms with Crippen LogP contribution in [0.3, 0.4) is 0 Å². The van der Waals surface area contributed by atoms with Crippen molar-refractivity contribution in [3.63, 3.8) is 0 Å². The number of hydrogen-bond donors (Lipinski definition) is 0. The third kappa shape index (κ3) is 3.70. The normalized spacial score (nSPS) is 42.2. The van der Waals surface area contributed by atoms with E-state index in [9.17, 15) is 0 Å². The lowest BCUT2D eigenvalue weighted by Gasteiger charge is -2.42. The Kier molecular flexibility index (Phi) is 5.35. The predicted molar refractivity (Wildman–Crippen MR) is 102 cm³/mol. The summed E-state index contributed by atoms with van der Waals surface area (Å²) < 4.78 is 2.14. The maximum Gasteiger partial charge on any atom is 0.0197 e. The maximum absolute atomic E-state index is 2.72. The van der Waals surface area contributed by atoms with Crippen LogP contribution in [0.25, 0.3) is 0 Å². The first-order chi connectivity index (χ1) is 8.76. The molecular formula is C17H28I2. The molecular weight excluding hydrogens is 458 g/mol. The van der Waals surface area contributed by atoms with Crippen molar-refractivity contribution in [3.05, 3.63) is 9.66 Å². The van der Waals surface area contributed by atoms with E-state index < -0.39 is 0 Å². The summed E-state index contributed by atoms with van der Waals surface area (Å²) in [5.74, 6) is 2.87. The molecule has 0 radical (unpaired) electrons. The number of halogens is 2. The summed E-state index contributed by atoms with van der Waals surface area (Å²) in [5, 5.41) is 0. The van der Waals surface area contributed by atoms with E-state index in [-0.39, 0.29) is 0 Å². The van der Waals surface area contributed by atoms with Gasteiger partial charge in [0.2, 0.25) is 0 Å². The Balaban J connectivity index is 2.11. The number of rotatable bonds is 3. The minimum Gasteiger partial charge on any atom is -0.0792 e. The van der Waals surface area contributed by atoms with Crippen molar-refractivity contribution in [2.24, 2.45) is 23.2 Å². The molecule has 0 heterocycles. The van der Waals surface area contributed by atoms with Crippen LogP contribution in [0.1, 0.15) is 66.2 Å². The van der Waals surface area contributed by atoms with Gasteiger partial charge in [-0.2, -0.15) is 0 Å². The molecule has 2 aliphatic rings. The van der Waals surface area contributed by atoms with Gasteiger partial charge in [-0.3, -0.25) is 0 Å². The maximum atomic E-state index is 2.72. The second-order valence-corrected chi connectivity index (χ2v) is 11.5. The van der Waals surface area contributed by atoms with Crippen molar-refractivity contribution in [2.75, 3.05) is 0 Å². The minimum absolute atomic E-state index is 0.537. The van der Waals surface area contributed by atoms with Crippen LogP contribution < -0.4 is 0 Å². The molecule has 4 unspecified atom stereocenters. The fourth-order valence-corrected chi connectivity index (χ4v) is 6.18. The van der Waals surface area contributed by atoms with Crippen molar-refractivity contribution >= 4 is 45.2 Å². The highest BCUT2D eigenvalue weighted by atomic mass is 127. The smallest absolute Gasteiger partial charge is 0.0197 e. The number of hydrogen-bond acceptors (Lipinski definition) is 0. The van der Waals surface area contributed by atoms with Crippen LogP contribution in [0.15, 0.2) is 9.66 Å². The van der Waals surface area contributed by atoms with E-state index in [4.69, 9.17) is 0 Å². The molecule has 0 aliphatic heterocycles. The molecule has 2 rings (SSSR count). The van der Waals surface area contributed by atoms with Gasteiger partial charge in [0.25, 0.3) is 0 Å². The lowest BCUT2D eigenvalue weighted by Crippen LogP contribution is -2.36. The Morgan fingerprint density at radius 2 is 2.00 bits per heavy atom. The number of alkyl halides is 1. The molecule has 0 N–H and O–H groups in total. The second-order valence-electron chi connectivity index (χ2n) is 7.54. The van der Waals surface area contributed by atoms with Crippen LogP contribution in [0.2, 0.25) is 0 Å². The lowest BCUT2D eigenvalue weighted by atomic mass is 9.66. The minimum atomic E-state index is 0.537. The first kappa shape index (κ1) is 16.6. The van der Waals surface area contributed by atoms with E-state index >= 15 is 0 Å². The van der Waals surface area contributed by atoms with E-state index in [0.717, 1.165) is 17.8 Å². The van der Waals surface area contributed by atoms with Crippen LogP contribution in [-0.2, 0) is 0 Å². The van der Waals surface area contributed by atoms with Gasteiger partial charge in [0.15, 0.2) is 0 Å². The fraction of sp³-hybridized carbons (Fsp3) is 0.882. The summed E-state index contributed by atoms with van der Waals surface area (Å²) in [4.78, 5) is 0. The van der Waals surface area contributed by atoms with Crippen LogP contribution >= 0.6 is 45.2 Å². The number of allylic oxidation sites excluding steroid dienone is 2. The van der Waals surface area contributed by atoms with E-state index in [1.54, 1.807) is 3.58 Å². The van der Waals surface area contributed by atoms with E-state index in [0.29, 0.717) is 8.84 Å². The SMILES string of the molecule is CC/C=C(/I)CC1CC2CCC(C)(I)CC2C1(C)C. The van der Waals surface area contributed by atoms with Crippen LogP contribution in [0.4, 0.5) is 0 Å². The van der Waals surface area contributed by atoms with Gasteiger partial charge in [-0.15, -0.1) is 0 Å². The van der Waals surface area contributed by atoms with Crippen molar-refractivity contribution < 1.29 is 0 Å². The molecule has 110 valence electrons. The largest absolute Gasteiger partial charge is 0.0792 e. The predicted octanol–water partition coefficient (Wildman–Crippen LogP) is 6.76. The monoisotopic (exact) mass is 486 g/mol. The van der Waals surface area contributed by atoms with Crippen LogP contribution in [0.5, 0.6) is 0 Å². The molecule has 0 spiro atoms. The van der Waals surface area contributed by atoms with Gasteiger partial charge in [0.05, 0.1) is 0 Å². The Morgan fingerprint density at radius 1 is 1.32 bits per heavy atom. The Morgan fingerprint density at radius 3 is 2.63 bits per heavy atom. The van der Waals surface area contributed by atoms with Crippen molar-refractivity contribution in [1.82, 2.24) is 0 Å². The zero-order chi connectivity index (χ0) is 14.3. The highest BCUT2D eigenvalue weighted by molar-refractivity contribution is 14.1. The molecule has 0 amide bonds. The van der Waals surface area contributed by atoms with Crippen molar-refractivity contribution in [3.8, 4) is 0 Å². The topological polar surface area (TPSA) is 0 Å². The molecule has 0 aromatic heterocycles. The van der Waals surface area contributed by atoms with Gasteiger partial charge >= 0.3 is 0 Å². The average molecular weight is 486 g/mol. The molecule has 2 fully saturated rings. The lowest BCUT2D eigenvalue weighted by molar-refractivity contribution is 0.124. The highest BCUT2D eigenvalue weighted by Crippen LogP contribution is 2.60. The van der Waals surface area contributed by atoms with Crippen molar-refractivity contribution in [2.45, 2.75) is 69.6 Å². The van der Waals surface area contributed by atoms with E-state index in [1.165, 1.54) is 38.5 Å². The summed E-state index contributed by atoms with van der Waals surface area (Å²) in [6, 6.07) is 0. The Bertz CT molecular complexity index is 354. The third-order valence-corrected chi connectivity index (χ3v) is 7.57. The zero-order valence-corrected chi connectivity index (χ0v) is 17.1. The summed E-state index contributed by atoms with van der Waals surface area (Å²) in [6.07, 6.45) is 10.7. The van der Waals surface area contributed by atoms with Crippen LogP contribution in [-0.4, -0.2) is 3.42 Å². The molecule has 2 aliphatic carbocycles. The molecule has 4 atom stereocenters. The van der Waals surface area contributed by atoms with Gasteiger partial charge in [0, 0.05) is 3.42 Å². The zero-order valence-electron chi connectivity index (χ0n) is 12.8. The summed E-state index contributed by atoms with van der Waals surface area (Å²) in [5.41, 5.74) is 0.537. The standard InChI is InChI=1S/C17H28I2/c1-5-6-14(18)10-13-9-12-7-8-17(4,19)11-15(12)16(13,2)3/h6,12-13,15H,5,7-11H2,1-4H3/b14-6+. The van der Waals surface area contributed by atoms with Gasteiger partial charge in [0.1, 0.15) is 0 Å². The first-order valence-corrected chi connectivity index (χ1v) is 9.95. The Labute approximate surface area is 146 Å². The van der Waals surface area contributed by atoms with Crippen LogP contribution in [0, 0.1) is 23.2 Å². The molecule has 0 nitrogen and oxygen atoms in total. The molecule has 0 aromatic carbocycles. The number of fused-ring (bicyclic) bond motifs is 1. The second kappa shape index (κ2) is 6.13. The third-order valence-electron chi connectivity index (χ3n) is 5.71. The summed E-state index contributed by atoms with van der Waals surface area (Å²) in [6.45, 7) is 9.82. The van der Waals surface area contributed by atoms with Gasteiger partial charge in [-0.25, -0.2) is 0 Å². The van der Waals surface area contributed by atoms with Crippen molar-refractivity contribution in [1.29, 1.82) is 0 Å². The molecule has 19 heavy (non-hydrogen) atoms. The average Bonchev–Trinajstić information content (AvgIpc) is 2.51. The molecule has 2 saturated carbocycles. The van der Waals surface area contributed by atoms with Gasteiger partial charge < -0.3 is 0 Å². The van der Waals surface area contributed by atoms with E-state index in [1.807, 2.05) is 0 Å². The van der Waals surface area contributed by atoms with E-state index in [2.05, 4.69) is 79.0 Å². The molecule has 0 saturated heterocycles. The van der Waals surface area contributed by atoms with Gasteiger partial charge in [-0.05, 0) is 87.9 Å².